The second kappa shape index (κ2) is 8.22. The number of hydrogen-bond donors (Lipinski definition) is 1. The van der Waals surface area contributed by atoms with Gasteiger partial charge in [0, 0.05) is 13.1 Å². The molecule has 1 aliphatic heterocycles. The normalized spacial score (nSPS) is 20.5. The van der Waals surface area contributed by atoms with Crippen LogP contribution in [0.1, 0.15) is 52.3 Å². The predicted octanol–water partition coefficient (Wildman–Crippen LogP) is 3.03. The van der Waals surface area contributed by atoms with Gasteiger partial charge in [-0.05, 0) is 56.3 Å². The molecule has 1 atom stereocenters. The Morgan fingerprint density at radius 3 is 2.73 bits per heavy atom. The van der Waals surface area contributed by atoms with Gasteiger partial charge in [0.25, 0.3) is 0 Å². The van der Waals surface area contributed by atoms with E-state index in [4.69, 9.17) is 12.2 Å². The van der Waals surface area contributed by atoms with Crippen molar-refractivity contribution in [2.45, 2.75) is 66.3 Å². The maximum absolute atomic E-state index is 9.47. The number of likely N-dealkylation sites (tertiary alicyclic amines) is 1. The van der Waals surface area contributed by atoms with Gasteiger partial charge in [-0.1, -0.05) is 20.8 Å². The molecule has 2 heterocycles. The van der Waals surface area contributed by atoms with Gasteiger partial charge in [-0.2, -0.15) is 5.10 Å². The van der Waals surface area contributed by atoms with Gasteiger partial charge in [0.2, 0.25) is 0 Å². The van der Waals surface area contributed by atoms with Crippen LogP contribution in [0.3, 0.4) is 0 Å². The second-order valence-electron chi connectivity index (χ2n) is 6.70. The van der Waals surface area contributed by atoms with Crippen LogP contribution in [0, 0.1) is 16.6 Å². The molecular weight excluding hydrogens is 296 g/mol. The van der Waals surface area contributed by atoms with Gasteiger partial charge in [0.1, 0.15) is 6.61 Å². The Labute approximate surface area is 138 Å². The van der Waals surface area contributed by atoms with Gasteiger partial charge < -0.3 is 9.67 Å². The maximum atomic E-state index is 9.47. The third-order valence-corrected chi connectivity index (χ3v) is 5.16. The van der Waals surface area contributed by atoms with E-state index in [1.54, 1.807) is 0 Å². The number of aromatic nitrogens is 3. The van der Waals surface area contributed by atoms with Gasteiger partial charge in [-0.15, -0.1) is 0 Å². The first-order chi connectivity index (χ1) is 10.6. The van der Waals surface area contributed by atoms with Crippen LogP contribution in [0.5, 0.6) is 0 Å². The Bertz CT molecular complexity index is 523. The van der Waals surface area contributed by atoms with E-state index in [2.05, 4.69) is 30.8 Å². The first-order valence-electron chi connectivity index (χ1n) is 8.56. The predicted molar refractivity (Wildman–Crippen MR) is 91.0 cm³/mol. The highest BCUT2D eigenvalue weighted by molar-refractivity contribution is 7.71. The summed E-state index contributed by atoms with van der Waals surface area (Å²) in [7, 11) is 0. The summed E-state index contributed by atoms with van der Waals surface area (Å²) in [4.78, 5) is 2.45. The van der Waals surface area contributed by atoms with Crippen LogP contribution >= 0.6 is 12.2 Å². The van der Waals surface area contributed by atoms with E-state index in [0.717, 1.165) is 49.3 Å². The summed E-state index contributed by atoms with van der Waals surface area (Å²) in [5, 5.41) is 14.0. The van der Waals surface area contributed by atoms with Gasteiger partial charge >= 0.3 is 0 Å². The lowest BCUT2D eigenvalue weighted by atomic mass is 9.89. The molecule has 5 nitrogen and oxygen atoms in total. The van der Waals surface area contributed by atoms with Crippen LogP contribution in [-0.4, -0.2) is 37.4 Å². The summed E-state index contributed by atoms with van der Waals surface area (Å²) in [6.07, 6.45) is 4.82. The van der Waals surface area contributed by atoms with E-state index in [1.807, 2.05) is 9.25 Å². The van der Waals surface area contributed by atoms with Gasteiger partial charge in [0.15, 0.2) is 10.6 Å². The minimum Gasteiger partial charge on any atom is -0.388 e. The molecule has 0 aliphatic carbocycles. The van der Waals surface area contributed by atoms with Crippen molar-refractivity contribution in [1.82, 2.24) is 19.2 Å². The average molecular weight is 327 g/mol. The molecule has 1 aromatic rings. The lowest BCUT2D eigenvalue weighted by Crippen LogP contribution is -2.28. The molecule has 2 rings (SSSR count). The van der Waals surface area contributed by atoms with Crippen molar-refractivity contribution in [2.75, 3.05) is 13.1 Å². The second-order valence-corrected chi connectivity index (χ2v) is 7.07. The molecule has 1 unspecified atom stereocenters. The molecule has 0 amide bonds. The molecule has 1 N–H and O–H groups in total. The molecule has 0 bridgehead atoms. The topological polar surface area (TPSA) is 46.2 Å². The summed E-state index contributed by atoms with van der Waals surface area (Å²) < 4.78 is 4.58. The molecule has 0 saturated carbocycles. The van der Waals surface area contributed by atoms with Crippen molar-refractivity contribution in [1.29, 1.82) is 0 Å². The fourth-order valence-electron chi connectivity index (χ4n) is 3.32. The van der Waals surface area contributed by atoms with Gasteiger partial charge in [0.05, 0.1) is 6.67 Å². The molecule has 0 spiro atoms. The van der Waals surface area contributed by atoms with Crippen LogP contribution in [0.4, 0.5) is 0 Å². The molecule has 126 valence electrons. The minimum atomic E-state index is -0.0495. The zero-order valence-electron chi connectivity index (χ0n) is 14.2. The Hall–Kier alpha value is -0.720. The largest absolute Gasteiger partial charge is 0.388 e. The van der Waals surface area contributed by atoms with E-state index < -0.39 is 0 Å². The van der Waals surface area contributed by atoms with Crippen molar-refractivity contribution < 1.29 is 5.11 Å². The standard InChI is InChI=1S/C16H30N4OS/c1-4-8-19-15(11-21)17-20(16(19)22)12-18-9-5-6-14(7-10-18)13(2)3/h13-14,21H,4-12H2,1-3H3. The fourth-order valence-corrected chi connectivity index (χ4v) is 3.62. The number of nitrogens with zero attached hydrogens (tertiary/aromatic N) is 4. The van der Waals surface area contributed by atoms with E-state index in [9.17, 15) is 5.11 Å². The smallest absolute Gasteiger partial charge is 0.199 e. The number of hydrogen-bond acceptors (Lipinski definition) is 4. The third kappa shape index (κ3) is 4.18. The SMILES string of the molecule is CCCn1c(CO)nn(CN2CCCC(C(C)C)CC2)c1=S. The lowest BCUT2D eigenvalue weighted by Gasteiger charge is -2.21. The van der Waals surface area contributed by atoms with Crippen LogP contribution in [0.15, 0.2) is 0 Å². The van der Waals surface area contributed by atoms with Crippen LogP contribution < -0.4 is 0 Å². The first-order valence-corrected chi connectivity index (χ1v) is 8.97. The molecule has 22 heavy (non-hydrogen) atoms. The van der Waals surface area contributed by atoms with E-state index in [1.165, 1.54) is 19.3 Å². The number of aliphatic hydroxyl groups is 1. The molecule has 1 saturated heterocycles. The summed E-state index contributed by atoms with van der Waals surface area (Å²) >= 11 is 5.54. The Morgan fingerprint density at radius 1 is 1.32 bits per heavy atom. The van der Waals surface area contributed by atoms with Crippen LogP contribution in [0.25, 0.3) is 0 Å². The average Bonchev–Trinajstić information content (AvgIpc) is 2.68. The van der Waals surface area contributed by atoms with Crippen molar-refractivity contribution >= 4 is 12.2 Å². The quantitative estimate of drug-likeness (QED) is 0.816. The Kier molecular flexibility index (Phi) is 6.59. The highest BCUT2D eigenvalue weighted by atomic mass is 32.1. The molecule has 1 fully saturated rings. The third-order valence-electron chi connectivity index (χ3n) is 4.73. The summed E-state index contributed by atoms with van der Waals surface area (Å²) in [5.41, 5.74) is 0. The maximum Gasteiger partial charge on any atom is 0.199 e. The van der Waals surface area contributed by atoms with Crippen LogP contribution in [0.2, 0.25) is 0 Å². The minimum absolute atomic E-state index is 0.0495. The Morgan fingerprint density at radius 2 is 2.09 bits per heavy atom. The monoisotopic (exact) mass is 326 g/mol. The first kappa shape index (κ1) is 17.6. The highest BCUT2D eigenvalue weighted by Gasteiger charge is 2.20. The van der Waals surface area contributed by atoms with E-state index >= 15 is 0 Å². The molecule has 1 aliphatic rings. The zero-order valence-corrected chi connectivity index (χ0v) is 15.0. The summed E-state index contributed by atoms with van der Waals surface area (Å²) in [6, 6.07) is 0. The molecular formula is C16H30N4OS. The Balaban J connectivity index is 2.06. The van der Waals surface area contributed by atoms with Gasteiger partial charge in [-0.25, -0.2) is 4.68 Å². The number of rotatable bonds is 6. The molecule has 0 radical (unpaired) electrons. The van der Waals surface area contributed by atoms with Gasteiger partial charge in [-0.3, -0.25) is 4.90 Å². The van der Waals surface area contributed by atoms with Crippen LogP contribution in [-0.2, 0) is 19.8 Å². The molecule has 6 heteroatoms. The fraction of sp³-hybridized carbons (Fsp3) is 0.875. The lowest BCUT2D eigenvalue weighted by molar-refractivity contribution is 0.205. The zero-order chi connectivity index (χ0) is 16.1. The number of aliphatic hydroxyl groups excluding tert-OH is 1. The van der Waals surface area contributed by atoms with Crippen molar-refractivity contribution in [3.05, 3.63) is 10.6 Å². The highest BCUT2D eigenvalue weighted by Crippen LogP contribution is 2.24. The van der Waals surface area contributed by atoms with Crippen molar-refractivity contribution in [2.24, 2.45) is 11.8 Å². The van der Waals surface area contributed by atoms with Crippen molar-refractivity contribution in [3.8, 4) is 0 Å². The molecule has 0 aromatic carbocycles. The summed E-state index contributed by atoms with van der Waals surface area (Å²) in [5.74, 6) is 2.29. The van der Waals surface area contributed by atoms with E-state index in [-0.39, 0.29) is 6.61 Å². The molecule has 1 aromatic heterocycles. The summed E-state index contributed by atoms with van der Waals surface area (Å²) in [6.45, 7) is 10.5. The van der Waals surface area contributed by atoms with Crippen molar-refractivity contribution in [3.63, 3.8) is 0 Å². The van der Waals surface area contributed by atoms with E-state index in [0.29, 0.717) is 5.82 Å².